The van der Waals surface area contributed by atoms with Crippen LogP contribution in [0, 0.1) is 0 Å². The van der Waals surface area contributed by atoms with Crippen molar-refractivity contribution < 1.29 is 4.42 Å². The zero-order chi connectivity index (χ0) is 13.4. The van der Waals surface area contributed by atoms with E-state index >= 15 is 0 Å². The smallest absolute Gasteiger partial charge is 0.323 e. The van der Waals surface area contributed by atoms with Gasteiger partial charge in [-0.2, -0.15) is 0 Å². The van der Waals surface area contributed by atoms with Crippen LogP contribution in [0.5, 0.6) is 0 Å². The van der Waals surface area contributed by atoms with Crippen molar-refractivity contribution in [1.29, 1.82) is 0 Å². The van der Waals surface area contributed by atoms with Gasteiger partial charge in [-0.3, -0.25) is 0 Å². The second-order valence-corrected chi connectivity index (χ2v) is 5.65. The van der Waals surface area contributed by atoms with Crippen LogP contribution < -0.4 is 11.0 Å². The molecule has 0 atom stereocenters. The highest BCUT2D eigenvalue weighted by Gasteiger charge is 2.06. The molecule has 0 bridgehead atoms. The molecule has 3 aromatic rings. The Morgan fingerprint density at radius 3 is 2.58 bits per heavy atom. The maximum absolute atomic E-state index is 11.2. The molecule has 0 amide bonds. The number of hydrogen-bond donors (Lipinski definition) is 3. The minimum Gasteiger partial charge on any atom is -0.452 e. The third-order valence-electron chi connectivity index (χ3n) is 2.69. The Balaban J connectivity index is 1.87. The summed E-state index contributed by atoms with van der Waals surface area (Å²) < 4.78 is 6.99. The molecule has 0 fully saturated rings. The second-order valence-electron chi connectivity index (χ2n) is 4.02. The molecular formula is C12H9Br2N3O2. The molecule has 3 rings (SSSR count). The maximum atomic E-state index is 11.2. The molecule has 5 nitrogen and oxygen atoms in total. The Bertz CT molecular complexity index is 788. The SMILES string of the molecule is O=c1[nH]c2cc(Br)c(NCc3ccc(Br)o3)cc2[nH]1. The minimum absolute atomic E-state index is 0.214. The number of nitrogens with one attached hydrogen (secondary N) is 3. The summed E-state index contributed by atoms with van der Waals surface area (Å²) >= 11 is 6.73. The van der Waals surface area contributed by atoms with Crippen LogP contribution in [0.2, 0.25) is 0 Å². The van der Waals surface area contributed by atoms with Crippen LogP contribution >= 0.6 is 31.9 Å². The van der Waals surface area contributed by atoms with Crippen molar-refractivity contribution in [1.82, 2.24) is 9.97 Å². The zero-order valence-corrected chi connectivity index (χ0v) is 12.8. The van der Waals surface area contributed by atoms with E-state index in [1.165, 1.54) is 0 Å². The van der Waals surface area contributed by atoms with Gasteiger partial charge in [0.05, 0.1) is 23.3 Å². The summed E-state index contributed by atoms with van der Waals surface area (Å²) in [5, 5.41) is 3.25. The van der Waals surface area contributed by atoms with Crippen LogP contribution in [0.3, 0.4) is 0 Å². The van der Waals surface area contributed by atoms with E-state index in [4.69, 9.17) is 4.42 Å². The average molecular weight is 387 g/mol. The topological polar surface area (TPSA) is 73.8 Å². The molecular weight excluding hydrogens is 378 g/mol. The number of halogens is 2. The van der Waals surface area contributed by atoms with Gasteiger partial charge in [0.15, 0.2) is 4.67 Å². The first-order valence-corrected chi connectivity index (χ1v) is 7.10. The molecule has 0 spiro atoms. The summed E-state index contributed by atoms with van der Waals surface area (Å²) in [6.45, 7) is 0.560. The molecule has 0 unspecified atom stereocenters. The lowest BCUT2D eigenvalue weighted by Gasteiger charge is -2.07. The Morgan fingerprint density at radius 1 is 1.16 bits per heavy atom. The van der Waals surface area contributed by atoms with Gasteiger partial charge in [0.2, 0.25) is 0 Å². The molecule has 2 heterocycles. The molecule has 98 valence electrons. The number of benzene rings is 1. The van der Waals surface area contributed by atoms with Crippen molar-refractivity contribution >= 4 is 48.6 Å². The molecule has 19 heavy (non-hydrogen) atoms. The van der Waals surface area contributed by atoms with Crippen LogP contribution in [0.4, 0.5) is 5.69 Å². The fourth-order valence-corrected chi connectivity index (χ4v) is 2.64. The third kappa shape index (κ3) is 2.62. The van der Waals surface area contributed by atoms with Gasteiger partial charge < -0.3 is 19.7 Å². The van der Waals surface area contributed by atoms with Gasteiger partial charge in [0.1, 0.15) is 5.76 Å². The lowest BCUT2D eigenvalue weighted by atomic mass is 10.2. The lowest BCUT2D eigenvalue weighted by molar-refractivity contribution is 0.495. The number of hydrogen-bond acceptors (Lipinski definition) is 3. The van der Waals surface area contributed by atoms with Crippen LogP contribution in [0.25, 0.3) is 11.0 Å². The molecule has 0 saturated carbocycles. The van der Waals surface area contributed by atoms with Crippen molar-refractivity contribution in [3.8, 4) is 0 Å². The standard InChI is InChI=1S/C12H9Br2N3O2/c13-7-3-9-10(17-12(18)16-9)4-8(7)15-5-6-1-2-11(14)19-6/h1-4,15H,5H2,(H2,16,17,18). The highest BCUT2D eigenvalue weighted by Crippen LogP contribution is 2.27. The Labute approximate surface area is 124 Å². The number of imidazole rings is 1. The fourth-order valence-electron chi connectivity index (χ4n) is 1.82. The zero-order valence-electron chi connectivity index (χ0n) is 9.59. The van der Waals surface area contributed by atoms with Crippen LogP contribution in [0.15, 0.2) is 42.6 Å². The lowest BCUT2D eigenvalue weighted by Crippen LogP contribution is -1.99. The number of fused-ring (bicyclic) bond motifs is 1. The Morgan fingerprint density at radius 2 is 1.89 bits per heavy atom. The predicted octanol–water partition coefficient (Wildman–Crippen LogP) is 3.59. The van der Waals surface area contributed by atoms with E-state index in [1.54, 1.807) is 0 Å². The molecule has 3 N–H and O–H groups in total. The number of furan rings is 1. The van der Waals surface area contributed by atoms with E-state index in [0.717, 1.165) is 27.0 Å². The van der Waals surface area contributed by atoms with Crippen molar-refractivity contribution in [2.45, 2.75) is 6.54 Å². The first-order chi connectivity index (χ1) is 9.11. The van der Waals surface area contributed by atoms with Gasteiger partial charge in [-0.15, -0.1) is 0 Å². The number of anilines is 1. The molecule has 0 radical (unpaired) electrons. The predicted molar refractivity (Wildman–Crippen MR) is 80.4 cm³/mol. The average Bonchev–Trinajstić information content (AvgIpc) is 2.91. The van der Waals surface area contributed by atoms with E-state index < -0.39 is 0 Å². The van der Waals surface area contributed by atoms with Crippen LogP contribution in [-0.2, 0) is 6.54 Å². The molecule has 2 aromatic heterocycles. The first kappa shape index (κ1) is 12.6. The highest BCUT2D eigenvalue weighted by atomic mass is 79.9. The normalized spacial score (nSPS) is 11.1. The largest absolute Gasteiger partial charge is 0.452 e. The summed E-state index contributed by atoms with van der Waals surface area (Å²) in [6, 6.07) is 7.46. The quantitative estimate of drug-likeness (QED) is 0.643. The van der Waals surface area contributed by atoms with Gasteiger partial charge in [0, 0.05) is 4.47 Å². The molecule has 1 aromatic carbocycles. The Hall–Kier alpha value is -1.47. The number of aromatic nitrogens is 2. The summed E-state index contributed by atoms with van der Waals surface area (Å²) in [6.07, 6.45) is 0. The summed E-state index contributed by atoms with van der Waals surface area (Å²) in [5.74, 6) is 0.821. The number of aromatic amines is 2. The van der Waals surface area contributed by atoms with Gasteiger partial charge in [-0.05, 0) is 56.1 Å². The van der Waals surface area contributed by atoms with Crippen LogP contribution in [-0.4, -0.2) is 9.97 Å². The summed E-state index contributed by atoms with van der Waals surface area (Å²) in [5.41, 5.74) is 2.20. The number of rotatable bonds is 3. The van der Waals surface area contributed by atoms with Crippen molar-refractivity contribution in [2.75, 3.05) is 5.32 Å². The summed E-state index contributed by atoms with van der Waals surface area (Å²) in [7, 11) is 0. The molecule has 0 saturated heterocycles. The molecule has 0 aliphatic heterocycles. The van der Waals surface area contributed by atoms with E-state index in [1.807, 2.05) is 24.3 Å². The molecule has 7 heteroatoms. The molecule has 0 aliphatic rings. The van der Waals surface area contributed by atoms with Gasteiger partial charge in [0.25, 0.3) is 0 Å². The second kappa shape index (κ2) is 4.90. The van der Waals surface area contributed by atoms with Crippen molar-refractivity contribution in [3.05, 3.63) is 49.7 Å². The first-order valence-electron chi connectivity index (χ1n) is 5.51. The summed E-state index contributed by atoms with van der Waals surface area (Å²) in [4.78, 5) is 16.7. The number of H-pyrrole nitrogens is 2. The van der Waals surface area contributed by atoms with E-state index in [2.05, 4.69) is 47.1 Å². The van der Waals surface area contributed by atoms with Gasteiger partial charge >= 0.3 is 5.69 Å². The van der Waals surface area contributed by atoms with Gasteiger partial charge in [-0.25, -0.2) is 4.79 Å². The van der Waals surface area contributed by atoms with E-state index in [0.29, 0.717) is 11.2 Å². The third-order valence-corrected chi connectivity index (χ3v) is 3.77. The van der Waals surface area contributed by atoms with Crippen molar-refractivity contribution in [2.24, 2.45) is 0 Å². The van der Waals surface area contributed by atoms with E-state index in [-0.39, 0.29) is 5.69 Å². The highest BCUT2D eigenvalue weighted by molar-refractivity contribution is 9.10. The van der Waals surface area contributed by atoms with Crippen LogP contribution in [0.1, 0.15) is 5.76 Å². The monoisotopic (exact) mass is 385 g/mol. The Kier molecular flexibility index (Phi) is 3.24. The van der Waals surface area contributed by atoms with Gasteiger partial charge in [-0.1, -0.05) is 0 Å². The fraction of sp³-hybridized carbons (Fsp3) is 0.0833. The van der Waals surface area contributed by atoms with E-state index in [9.17, 15) is 4.79 Å². The maximum Gasteiger partial charge on any atom is 0.323 e. The minimum atomic E-state index is -0.214. The van der Waals surface area contributed by atoms with Crippen molar-refractivity contribution in [3.63, 3.8) is 0 Å². The molecule has 0 aliphatic carbocycles.